The highest BCUT2D eigenvalue weighted by Gasteiger charge is 2.49. The molecule has 2 aromatic carbocycles. The summed E-state index contributed by atoms with van der Waals surface area (Å²) in [6.07, 6.45) is 3.64. The van der Waals surface area contributed by atoms with Gasteiger partial charge < -0.3 is 10.6 Å². The number of aryl methyl sites for hydroxylation is 2. The molecule has 2 aliphatic rings. The second-order valence-electron chi connectivity index (χ2n) is 8.01. The van der Waals surface area contributed by atoms with Crippen LogP contribution in [-0.4, -0.2) is 35.8 Å². The Morgan fingerprint density at radius 3 is 2.63 bits per heavy atom. The van der Waals surface area contributed by atoms with Crippen LogP contribution in [0.5, 0.6) is 0 Å². The number of hydrogen-bond acceptors (Lipinski definition) is 3. The average molecular weight is 409 g/mol. The van der Waals surface area contributed by atoms with E-state index in [1.54, 1.807) is 19.1 Å². The molecule has 156 valence electrons. The van der Waals surface area contributed by atoms with E-state index in [1.807, 2.05) is 18.2 Å². The highest BCUT2D eigenvalue weighted by Crippen LogP contribution is 2.32. The van der Waals surface area contributed by atoms with Gasteiger partial charge in [0.2, 0.25) is 5.91 Å². The zero-order chi connectivity index (χ0) is 21.3. The van der Waals surface area contributed by atoms with Crippen molar-refractivity contribution in [3.05, 3.63) is 70.5 Å². The SMILES string of the molecule is C[C@@]1(c2ccc3c(c2)CCC3)NC(=O)N(CC(=O)NCCc2ccc(F)cc2)C1=O. The molecule has 0 unspecified atom stereocenters. The van der Waals surface area contributed by atoms with Crippen LogP contribution in [0.4, 0.5) is 9.18 Å². The van der Waals surface area contributed by atoms with Gasteiger partial charge in [0, 0.05) is 6.54 Å². The Morgan fingerprint density at radius 1 is 1.13 bits per heavy atom. The molecule has 4 amide bonds. The van der Waals surface area contributed by atoms with Crippen LogP contribution in [0.3, 0.4) is 0 Å². The third kappa shape index (κ3) is 3.79. The summed E-state index contributed by atoms with van der Waals surface area (Å²) >= 11 is 0. The summed E-state index contributed by atoms with van der Waals surface area (Å²) in [7, 11) is 0. The number of benzene rings is 2. The fourth-order valence-corrected chi connectivity index (χ4v) is 4.12. The van der Waals surface area contributed by atoms with Gasteiger partial charge in [-0.1, -0.05) is 30.3 Å². The van der Waals surface area contributed by atoms with Crippen LogP contribution in [0.25, 0.3) is 0 Å². The summed E-state index contributed by atoms with van der Waals surface area (Å²) in [5.41, 5.74) is 2.95. The molecular weight excluding hydrogens is 385 g/mol. The van der Waals surface area contributed by atoms with Gasteiger partial charge in [0.15, 0.2) is 0 Å². The van der Waals surface area contributed by atoms with Gasteiger partial charge in [-0.2, -0.15) is 0 Å². The molecule has 1 atom stereocenters. The molecule has 0 radical (unpaired) electrons. The van der Waals surface area contributed by atoms with Crippen molar-refractivity contribution in [1.29, 1.82) is 0 Å². The average Bonchev–Trinajstić information content (AvgIpc) is 3.28. The molecule has 0 saturated carbocycles. The van der Waals surface area contributed by atoms with Gasteiger partial charge in [0.05, 0.1) is 0 Å². The summed E-state index contributed by atoms with van der Waals surface area (Å²) in [5, 5.41) is 5.46. The summed E-state index contributed by atoms with van der Waals surface area (Å²) in [5.74, 6) is -1.16. The number of fused-ring (bicyclic) bond motifs is 1. The zero-order valence-corrected chi connectivity index (χ0v) is 16.8. The van der Waals surface area contributed by atoms with E-state index in [9.17, 15) is 18.8 Å². The first-order valence-corrected chi connectivity index (χ1v) is 10.1. The van der Waals surface area contributed by atoms with E-state index in [1.165, 1.54) is 23.3 Å². The van der Waals surface area contributed by atoms with E-state index in [4.69, 9.17) is 0 Å². The second kappa shape index (κ2) is 7.89. The predicted octanol–water partition coefficient (Wildman–Crippen LogP) is 2.44. The maximum Gasteiger partial charge on any atom is 0.325 e. The highest BCUT2D eigenvalue weighted by molar-refractivity contribution is 6.09. The number of carbonyl (C=O) groups excluding carboxylic acids is 3. The molecule has 7 heteroatoms. The van der Waals surface area contributed by atoms with Gasteiger partial charge in [0.25, 0.3) is 5.91 Å². The van der Waals surface area contributed by atoms with Crippen molar-refractivity contribution in [1.82, 2.24) is 15.5 Å². The van der Waals surface area contributed by atoms with E-state index < -0.39 is 23.4 Å². The zero-order valence-electron chi connectivity index (χ0n) is 16.8. The van der Waals surface area contributed by atoms with Gasteiger partial charge in [-0.3, -0.25) is 14.5 Å². The smallest absolute Gasteiger partial charge is 0.325 e. The van der Waals surface area contributed by atoms with Gasteiger partial charge >= 0.3 is 6.03 Å². The number of urea groups is 1. The van der Waals surface area contributed by atoms with Crippen LogP contribution in [0.2, 0.25) is 0 Å². The first kappa shape index (κ1) is 20.1. The maximum absolute atomic E-state index is 13.0. The van der Waals surface area contributed by atoms with Gasteiger partial charge in [-0.25, -0.2) is 9.18 Å². The lowest BCUT2D eigenvalue weighted by molar-refractivity contribution is -0.134. The standard InChI is InChI=1S/C23H24FN3O3/c1-23(18-8-7-16-3-2-4-17(16)13-18)21(29)27(22(30)26-23)14-20(28)25-12-11-15-5-9-19(24)10-6-15/h5-10,13H,2-4,11-12,14H2,1H3,(H,25,28)(H,26,30)/t23-/m0/s1. The Morgan fingerprint density at radius 2 is 1.87 bits per heavy atom. The molecule has 0 spiro atoms. The van der Waals surface area contributed by atoms with Crippen molar-refractivity contribution in [2.75, 3.05) is 13.1 Å². The molecule has 30 heavy (non-hydrogen) atoms. The van der Waals surface area contributed by atoms with Crippen LogP contribution in [0, 0.1) is 5.82 Å². The minimum Gasteiger partial charge on any atom is -0.354 e. The Hall–Kier alpha value is -3.22. The van der Waals surface area contributed by atoms with E-state index in [-0.39, 0.29) is 12.4 Å². The molecule has 0 bridgehead atoms. The fraction of sp³-hybridized carbons (Fsp3) is 0.348. The summed E-state index contributed by atoms with van der Waals surface area (Å²) in [4.78, 5) is 38.7. The number of nitrogens with one attached hydrogen (secondary N) is 2. The third-order valence-electron chi connectivity index (χ3n) is 5.90. The largest absolute Gasteiger partial charge is 0.354 e. The number of nitrogens with zero attached hydrogens (tertiary/aromatic N) is 1. The molecule has 6 nitrogen and oxygen atoms in total. The molecular formula is C23H24FN3O3. The lowest BCUT2D eigenvalue weighted by atomic mass is 9.89. The topological polar surface area (TPSA) is 78.5 Å². The Labute approximate surface area is 174 Å². The van der Waals surface area contributed by atoms with Gasteiger partial charge in [0.1, 0.15) is 17.9 Å². The van der Waals surface area contributed by atoms with E-state index >= 15 is 0 Å². The highest BCUT2D eigenvalue weighted by atomic mass is 19.1. The molecule has 1 saturated heterocycles. The quantitative estimate of drug-likeness (QED) is 0.720. The van der Waals surface area contributed by atoms with E-state index in [0.29, 0.717) is 13.0 Å². The Balaban J connectivity index is 1.37. The second-order valence-corrected chi connectivity index (χ2v) is 8.01. The van der Waals surface area contributed by atoms with Crippen molar-refractivity contribution < 1.29 is 18.8 Å². The lowest BCUT2D eigenvalue weighted by Crippen LogP contribution is -2.43. The Bertz CT molecular complexity index is 1010. The van der Waals surface area contributed by atoms with Crippen LogP contribution < -0.4 is 10.6 Å². The number of rotatable bonds is 6. The van der Waals surface area contributed by atoms with Gasteiger partial charge in [-0.15, -0.1) is 0 Å². The monoisotopic (exact) mass is 409 g/mol. The first-order chi connectivity index (χ1) is 14.4. The normalized spacial score (nSPS) is 20.3. The van der Waals surface area contributed by atoms with Crippen molar-refractivity contribution in [3.63, 3.8) is 0 Å². The fourth-order valence-electron chi connectivity index (χ4n) is 4.12. The molecule has 1 fully saturated rings. The molecule has 1 aliphatic carbocycles. The molecule has 4 rings (SSSR count). The molecule has 2 aromatic rings. The summed E-state index contributed by atoms with van der Waals surface area (Å²) in [6.45, 7) is 1.67. The molecule has 1 heterocycles. The Kier molecular flexibility index (Phi) is 5.28. The lowest BCUT2D eigenvalue weighted by Gasteiger charge is -2.23. The number of amides is 4. The first-order valence-electron chi connectivity index (χ1n) is 10.1. The number of hydrogen-bond donors (Lipinski definition) is 2. The van der Waals surface area contributed by atoms with Gasteiger partial charge in [-0.05, 0) is 67.0 Å². The molecule has 1 aliphatic heterocycles. The third-order valence-corrected chi connectivity index (χ3v) is 5.90. The minimum atomic E-state index is -1.18. The van der Waals surface area contributed by atoms with Crippen molar-refractivity contribution in [2.24, 2.45) is 0 Å². The van der Waals surface area contributed by atoms with Crippen molar-refractivity contribution >= 4 is 17.8 Å². The molecule has 0 aromatic heterocycles. The summed E-state index contributed by atoms with van der Waals surface area (Å²) < 4.78 is 12.9. The van der Waals surface area contributed by atoms with Crippen molar-refractivity contribution in [3.8, 4) is 0 Å². The van der Waals surface area contributed by atoms with Crippen LogP contribution in [0.1, 0.15) is 35.6 Å². The number of carbonyl (C=O) groups is 3. The van der Waals surface area contributed by atoms with E-state index in [0.717, 1.165) is 35.3 Å². The van der Waals surface area contributed by atoms with Crippen LogP contribution in [-0.2, 0) is 34.4 Å². The predicted molar refractivity (Wildman–Crippen MR) is 109 cm³/mol. The van der Waals surface area contributed by atoms with E-state index in [2.05, 4.69) is 10.6 Å². The molecule has 2 N–H and O–H groups in total. The van der Waals surface area contributed by atoms with Crippen LogP contribution in [0.15, 0.2) is 42.5 Å². The maximum atomic E-state index is 13.0. The van der Waals surface area contributed by atoms with Crippen LogP contribution >= 0.6 is 0 Å². The van der Waals surface area contributed by atoms with Crippen molar-refractivity contribution in [2.45, 2.75) is 38.1 Å². The number of imide groups is 1. The summed E-state index contributed by atoms with van der Waals surface area (Å²) in [6, 6.07) is 11.4. The minimum absolute atomic E-state index is 0.312. The number of halogens is 1.